The van der Waals surface area contributed by atoms with Gasteiger partial charge in [0, 0.05) is 38.4 Å². The van der Waals surface area contributed by atoms with E-state index in [4.69, 9.17) is 4.74 Å². The van der Waals surface area contributed by atoms with Gasteiger partial charge in [-0.15, -0.1) is 0 Å². The average molecular weight is 376 g/mol. The number of phenolic OH excluding ortho intramolecular Hbond substituents is 1. The van der Waals surface area contributed by atoms with Crippen molar-refractivity contribution in [1.82, 2.24) is 4.90 Å². The first-order valence-corrected chi connectivity index (χ1v) is 8.51. The van der Waals surface area contributed by atoms with Crippen LogP contribution in [-0.4, -0.2) is 49.3 Å². The van der Waals surface area contributed by atoms with Gasteiger partial charge in [-0.3, -0.25) is 4.90 Å². The Hall–Kier alpha value is -2.24. The number of aromatic hydroxyl groups is 1. The Labute approximate surface area is 160 Å². The van der Waals surface area contributed by atoms with Gasteiger partial charge in [0.15, 0.2) is 0 Å². The molecule has 2 aromatic carbocycles. The smallest absolute Gasteiger partial charge is 0.341 e. The summed E-state index contributed by atoms with van der Waals surface area (Å²) in [6.45, 7) is 6.78. The Balaban J connectivity index is 0.00000243. The first-order valence-electron chi connectivity index (χ1n) is 8.51. The van der Waals surface area contributed by atoms with Crippen LogP contribution in [0.4, 0.5) is 5.69 Å². The van der Waals surface area contributed by atoms with Crippen molar-refractivity contribution in [1.29, 1.82) is 0 Å². The Bertz CT molecular complexity index is 758. The van der Waals surface area contributed by atoms with E-state index in [0.717, 1.165) is 38.3 Å². The summed E-state index contributed by atoms with van der Waals surface area (Å²) in [6, 6.07) is 13.6. The predicted molar refractivity (Wildman–Crippen MR) is 98.1 cm³/mol. The van der Waals surface area contributed by atoms with Gasteiger partial charge in [0.2, 0.25) is 0 Å². The topological polar surface area (TPSA) is 53.0 Å². The summed E-state index contributed by atoms with van der Waals surface area (Å²) in [6.07, 6.45) is 0. The largest absolute Gasteiger partial charge is 1.00 e. The van der Waals surface area contributed by atoms with E-state index in [0.29, 0.717) is 0 Å². The highest BCUT2D eigenvalue weighted by molar-refractivity contribution is 5.92. The fourth-order valence-electron chi connectivity index (χ4n) is 3.28. The van der Waals surface area contributed by atoms with Crippen LogP contribution < -0.4 is 17.3 Å². The Morgan fingerprint density at radius 2 is 1.81 bits per heavy atom. The lowest BCUT2D eigenvalue weighted by Crippen LogP contribution is -3.00. The number of halogens is 1. The molecule has 1 N–H and O–H groups in total. The number of nitrogens with zero attached hydrogens (tertiary/aromatic N) is 2. The third-order valence-corrected chi connectivity index (χ3v) is 4.70. The lowest BCUT2D eigenvalue weighted by Gasteiger charge is -2.36. The van der Waals surface area contributed by atoms with Crippen molar-refractivity contribution in [2.45, 2.75) is 13.5 Å². The van der Waals surface area contributed by atoms with Crippen molar-refractivity contribution in [3.63, 3.8) is 0 Å². The van der Waals surface area contributed by atoms with Gasteiger partial charge >= 0.3 is 5.97 Å². The number of hydrogen-bond acceptors (Lipinski definition) is 5. The minimum Gasteiger partial charge on any atom is -1.00 e. The molecule has 0 saturated carbocycles. The zero-order valence-electron chi connectivity index (χ0n) is 15.1. The highest BCUT2D eigenvalue weighted by atomic mass is 35.5. The van der Waals surface area contributed by atoms with Crippen LogP contribution in [0.25, 0.3) is 0 Å². The summed E-state index contributed by atoms with van der Waals surface area (Å²) in [5, 5.41) is 9.81. The summed E-state index contributed by atoms with van der Waals surface area (Å²) < 4.78 is 4.72. The number of piperazine rings is 1. The number of carbonyl (C=O) groups is 1. The van der Waals surface area contributed by atoms with Gasteiger partial charge in [-0.25, -0.2) is 4.79 Å². The van der Waals surface area contributed by atoms with Crippen LogP contribution in [-0.2, 0) is 11.3 Å². The normalized spacial score (nSPS) is 14.6. The molecule has 0 amide bonds. The molecule has 1 saturated heterocycles. The molecule has 0 unspecified atom stereocenters. The zero-order chi connectivity index (χ0) is 17.8. The van der Waals surface area contributed by atoms with Crippen molar-refractivity contribution in [3.8, 4) is 5.75 Å². The van der Waals surface area contributed by atoms with Crippen LogP contribution in [0.15, 0.2) is 42.5 Å². The first kappa shape index (κ1) is 20.1. The molecule has 5 nitrogen and oxygen atoms in total. The van der Waals surface area contributed by atoms with Crippen LogP contribution in [0.1, 0.15) is 21.5 Å². The van der Waals surface area contributed by atoms with E-state index in [-0.39, 0.29) is 23.7 Å². The molecule has 1 aliphatic heterocycles. The maximum absolute atomic E-state index is 11.7. The van der Waals surface area contributed by atoms with Gasteiger partial charge in [0.05, 0.1) is 7.11 Å². The molecule has 2 aromatic rings. The second-order valence-electron chi connectivity index (χ2n) is 6.39. The Morgan fingerprint density at radius 3 is 2.46 bits per heavy atom. The maximum atomic E-state index is 11.7. The van der Waals surface area contributed by atoms with Gasteiger partial charge in [-0.1, -0.05) is 24.3 Å². The molecule has 1 aliphatic rings. The molecular weight excluding hydrogens is 352 g/mol. The van der Waals surface area contributed by atoms with Crippen molar-refractivity contribution in [3.05, 3.63) is 59.2 Å². The van der Waals surface area contributed by atoms with Crippen molar-refractivity contribution < 1.29 is 27.0 Å². The minimum atomic E-state index is -0.510. The quantitative estimate of drug-likeness (QED) is 0.751. The standard InChI is InChI=1S/C20H24N2O3.ClH/c1-15-5-3-4-6-18(15)22-11-9-21(10-12-22)14-16-7-8-19(23)17(13-16)20(24)25-2;/h3-8,13,23H,9-12,14H2,1-2H3;1H/p-1. The number of rotatable bonds is 4. The van der Waals surface area contributed by atoms with Gasteiger partial charge < -0.3 is 27.2 Å². The highest BCUT2D eigenvalue weighted by Gasteiger charge is 2.19. The molecule has 3 rings (SSSR count). The van der Waals surface area contributed by atoms with E-state index in [1.165, 1.54) is 18.4 Å². The molecule has 0 bridgehead atoms. The lowest BCUT2D eigenvalue weighted by atomic mass is 10.1. The third kappa shape index (κ3) is 4.48. The Morgan fingerprint density at radius 1 is 1.12 bits per heavy atom. The first-order chi connectivity index (χ1) is 12.1. The van der Waals surface area contributed by atoms with Gasteiger partial charge in [-0.05, 0) is 36.2 Å². The molecular formula is C20H24ClN2O3-. The summed E-state index contributed by atoms with van der Waals surface area (Å²) in [5.74, 6) is -0.552. The molecule has 0 radical (unpaired) electrons. The van der Waals surface area contributed by atoms with E-state index in [2.05, 4.69) is 41.0 Å². The maximum Gasteiger partial charge on any atom is 0.341 e. The van der Waals surface area contributed by atoms with Crippen LogP contribution in [0.3, 0.4) is 0 Å². The van der Waals surface area contributed by atoms with E-state index in [1.807, 2.05) is 6.07 Å². The molecule has 0 aromatic heterocycles. The molecule has 1 fully saturated rings. The summed E-state index contributed by atoms with van der Waals surface area (Å²) in [7, 11) is 1.32. The predicted octanol–water partition coefficient (Wildman–Crippen LogP) is -0.187. The van der Waals surface area contributed by atoms with Crippen LogP contribution in [0.5, 0.6) is 5.75 Å². The van der Waals surface area contributed by atoms with Gasteiger partial charge in [0.1, 0.15) is 11.3 Å². The number of ether oxygens (including phenoxy) is 1. The van der Waals surface area contributed by atoms with Crippen molar-refractivity contribution >= 4 is 11.7 Å². The number of methoxy groups -OCH3 is 1. The van der Waals surface area contributed by atoms with E-state index in [9.17, 15) is 9.90 Å². The average Bonchev–Trinajstić information content (AvgIpc) is 2.64. The second-order valence-corrected chi connectivity index (χ2v) is 6.39. The number of aryl methyl sites for hydroxylation is 1. The van der Waals surface area contributed by atoms with E-state index >= 15 is 0 Å². The Kier molecular flexibility index (Phi) is 6.89. The van der Waals surface area contributed by atoms with Crippen LogP contribution in [0.2, 0.25) is 0 Å². The molecule has 140 valence electrons. The number of benzene rings is 2. The van der Waals surface area contributed by atoms with Gasteiger partial charge in [-0.2, -0.15) is 0 Å². The lowest BCUT2D eigenvalue weighted by molar-refractivity contribution is -0.0000215. The summed E-state index contributed by atoms with van der Waals surface area (Å²) in [4.78, 5) is 16.5. The fourth-order valence-corrected chi connectivity index (χ4v) is 3.28. The number of esters is 1. The SMILES string of the molecule is COC(=O)c1cc(CN2CCN(c3ccccc3C)CC2)ccc1O.[Cl-]. The molecule has 26 heavy (non-hydrogen) atoms. The molecule has 0 atom stereocenters. The third-order valence-electron chi connectivity index (χ3n) is 4.70. The van der Waals surface area contributed by atoms with Crippen LogP contribution in [0, 0.1) is 6.92 Å². The number of phenols is 1. The van der Waals surface area contributed by atoms with Crippen LogP contribution >= 0.6 is 0 Å². The molecule has 0 aliphatic carbocycles. The molecule has 0 spiro atoms. The van der Waals surface area contributed by atoms with Crippen molar-refractivity contribution in [2.75, 3.05) is 38.2 Å². The highest BCUT2D eigenvalue weighted by Crippen LogP contribution is 2.23. The number of carbonyl (C=O) groups excluding carboxylic acids is 1. The van der Waals surface area contributed by atoms with E-state index in [1.54, 1.807) is 12.1 Å². The number of anilines is 1. The second kappa shape index (κ2) is 8.92. The number of hydrogen-bond donors (Lipinski definition) is 1. The fraction of sp³-hybridized carbons (Fsp3) is 0.350. The van der Waals surface area contributed by atoms with Gasteiger partial charge in [0.25, 0.3) is 0 Å². The summed E-state index contributed by atoms with van der Waals surface area (Å²) in [5.41, 5.74) is 3.83. The minimum absolute atomic E-state index is 0. The molecule has 6 heteroatoms. The molecule has 1 heterocycles. The summed E-state index contributed by atoms with van der Waals surface area (Å²) >= 11 is 0. The number of para-hydroxylation sites is 1. The van der Waals surface area contributed by atoms with Crippen molar-refractivity contribution in [2.24, 2.45) is 0 Å². The van der Waals surface area contributed by atoms with E-state index < -0.39 is 5.97 Å². The zero-order valence-corrected chi connectivity index (χ0v) is 15.9. The monoisotopic (exact) mass is 375 g/mol.